The molecule has 0 fully saturated rings. The van der Waals surface area contributed by atoms with Crippen molar-refractivity contribution < 1.29 is 4.92 Å². The van der Waals surface area contributed by atoms with Gasteiger partial charge in [0, 0.05) is 6.20 Å². The van der Waals surface area contributed by atoms with Crippen LogP contribution in [0.3, 0.4) is 0 Å². The van der Waals surface area contributed by atoms with Crippen LogP contribution in [-0.4, -0.2) is 14.9 Å². The molecule has 0 unspecified atom stereocenters. The van der Waals surface area contributed by atoms with Crippen LogP contribution in [0.15, 0.2) is 12.5 Å². The van der Waals surface area contributed by atoms with E-state index in [1.807, 2.05) is 0 Å². The first-order valence-electron chi connectivity index (χ1n) is 2.13. The van der Waals surface area contributed by atoms with Crippen molar-refractivity contribution >= 4 is 5.82 Å². The van der Waals surface area contributed by atoms with Gasteiger partial charge in [0.2, 0.25) is 6.33 Å². The molecule has 1 rings (SSSR count). The summed E-state index contributed by atoms with van der Waals surface area (Å²) in [6, 6.07) is 2.25. The van der Waals surface area contributed by atoms with Crippen LogP contribution in [0.2, 0.25) is 0 Å². The van der Waals surface area contributed by atoms with Crippen LogP contribution in [0.5, 0.6) is 0 Å². The van der Waals surface area contributed by atoms with Gasteiger partial charge in [0.05, 0.1) is 0 Å². The smallest absolute Gasteiger partial charge is 0.358 e. The van der Waals surface area contributed by atoms with Crippen molar-refractivity contribution in [1.29, 1.82) is 0 Å². The Labute approximate surface area is 50.5 Å². The topological polar surface area (TPSA) is 68.9 Å². The second-order valence-electron chi connectivity index (χ2n) is 1.25. The van der Waals surface area contributed by atoms with Crippen LogP contribution in [0.4, 0.5) is 5.82 Å². The quantitative estimate of drug-likeness (QED) is 0.395. The maximum absolute atomic E-state index is 9.88. The minimum absolute atomic E-state index is 0.301. The lowest BCUT2D eigenvalue weighted by molar-refractivity contribution is -0.390. The van der Waals surface area contributed by atoms with Crippen molar-refractivity contribution in [1.82, 2.24) is 9.97 Å². The second-order valence-corrected chi connectivity index (χ2v) is 1.25. The summed E-state index contributed by atoms with van der Waals surface area (Å²) in [5.41, 5.74) is 0. The van der Waals surface area contributed by atoms with Crippen molar-refractivity contribution in [3.8, 4) is 0 Å². The molecule has 1 aromatic rings. The fourth-order valence-corrected chi connectivity index (χ4v) is 0.353. The molecule has 1 aromatic heterocycles. The summed E-state index contributed by atoms with van der Waals surface area (Å²) < 4.78 is 0. The first-order valence-corrected chi connectivity index (χ1v) is 2.13. The zero-order chi connectivity index (χ0) is 6.69. The van der Waals surface area contributed by atoms with E-state index in [9.17, 15) is 10.1 Å². The third-order valence-corrected chi connectivity index (χ3v) is 0.688. The minimum atomic E-state index is -0.623. The van der Waals surface area contributed by atoms with Gasteiger partial charge in [-0.15, -0.1) is 0 Å². The summed E-state index contributed by atoms with van der Waals surface area (Å²) in [5.74, 6) is -0.301. The maximum Gasteiger partial charge on any atom is 0.374 e. The van der Waals surface area contributed by atoms with Gasteiger partial charge in [-0.3, -0.25) is 0 Å². The molecule has 9 heavy (non-hydrogen) atoms. The largest absolute Gasteiger partial charge is 0.374 e. The summed E-state index contributed by atoms with van der Waals surface area (Å²) in [6.45, 7) is 0. The fraction of sp³-hybridized carbons (Fsp3) is 0. The second kappa shape index (κ2) is 2.17. The van der Waals surface area contributed by atoms with Gasteiger partial charge in [-0.1, -0.05) is 0 Å². The van der Waals surface area contributed by atoms with E-state index in [2.05, 4.69) is 16.0 Å². The molecule has 0 saturated carbocycles. The van der Waals surface area contributed by atoms with E-state index in [1.165, 1.54) is 6.20 Å². The maximum atomic E-state index is 9.88. The average Bonchev–Trinajstić information content (AvgIpc) is 1.90. The fourth-order valence-electron chi connectivity index (χ4n) is 0.353. The molecule has 0 bridgehead atoms. The zero-order valence-corrected chi connectivity index (χ0v) is 4.31. The van der Waals surface area contributed by atoms with E-state index in [0.29, 0.717) is 0 Å². The first kappa shape index (κ1) is 5.61. The Bertz CT molecular complexity index is 210. The van der Waals surface area contributed by atoms with Gasteiger partial charge >= 0.3 is 5.82 Å². The highest BCUT2D eigenvalue weighted by Gasteiger charge is 2.02. The van der Waals surface area contributed by atoms with E-state index in [0.717, 1.165) is 6.33 Å². The summed E-state index contributed by atoms with van der Waals surface area (Å²) in [4.78, 5) is 16.0. The Balaban J connectivity index is 2.98. The molecule has 0 aliphatic rings. The van der Waals surface area contributed by atoms with Gasteiger partial charge in [-0.05, 0) is 9.91 Å². The lowest BCUT2D eigenvalue weighted by Gasteiger charge is -1.85. The van der Waals surface area contributed by atoms with Crippen LogP contribution in [0.1, 0.15) is 0 Å². The molecular formula is C4H2N3O2. The Kier molecular flexibility index (Phi) is 1.35. The molecule has 0 N–H and O–H groups in total. The molecule has 0 saturated heterocycles. The van der Waals surface area contributed by atoms with Gasteiger partial charge in [-0.2, -0.15) is 0 Å². The van der Waals surface area contributed by atoms with Crippen LogP contribution in [0.25, 0.3) is 0 Å². The molecule has 0 amide bonds. The molecule has 5 nitrogen and oxygen atoms in total. The minimum Gasteiger partial charge on any atom is -0.358 e. The summed E-state index contributed by atoms with van der Waals surface area (Å²) in [7, 11) is 0. The summed E-state index contributed by atoms with van der Waals surface area (Å²) >= 11 is 0. The average molecular weight is 124 g/mol. The predicted octanol–water partition coefficient (Wildman–Crippen LogP) is 0.185. The van der Waals surface area contributed by atoms with Gasteiger partial charge in [0.1, 0.15) is 6.07 Å². The summed E-state index contributed by atoms with van der Waals surface area (Å²) in [6.07, 6.45) is 2.31. The molecule has 45 valence electrons. The standard InChI is InChI=1S/C4H2N3O2/c8-7(9)4-1-2-5-3-6-4/h2-3H. The number of hydrogen-bond acceptors (Lipinski definition) is 4. The van der Waals surface area contributed by atoms with Gasteiger partial charge in [-0.25, -0.2) is 4.98 Å². The van der Waals surface area contributed by atoms with Crippen molar-refractivity contribution in [3.63, 3.8) is 0 Å². The SMILES string of the molecule is O=[N+]([O-])c1[c]cncn1. The van der Waals surface area contributed by atoms with E-state index in [1.54, 1.807) is 0 Å². The highest BCUT2D eigenvalue weighted by molar-refractivity contribution is 5.10. The monoisotopic (exact) mass is 124 g/mol. The molecule has 5 heteroatoms. The Morgan fingerprint density at radius 2 is 2.56 bits per heavy atom. The molecule has 0 aliphatic heterocycles. The van der Waals surface area contributed by atoms with Crippen LogP contribution in [-0.2, 0) is 0 Å². The highest BCUT2D eigenvalue weighted by Crippen LogP contribution is 1.98. The Hall–Kier alpha value is -1.52. The molecule has 0 aromatic carbocycles. The number of nitrogens with zero attached hydrogens (tertiary/aromatic N) is 3. The predicted molar refractivity (Wildman–Crippen MR) is 27.5 cm³/mol. The molecule has 0 atom stereocenters. The molecule has 1 radical (unpaired) electrons. The number of rotatable bonds is 1. The van der Waals surface area contributed by atoms with E-state index in [-0.39, 0.29) is 5.82 Å². The van der Waals surface area contributed by atoms with Gasteiger partial charge in [0.15, 0.2) is 0 Å². The van der Waals surface area contributed by atoms with Crippen molar-refractivity contribution in [2.45, 2.75) is 0 Å². The van der Waals surface area contributed by atoms with Crippen LogP contribution in [0, 0.1) is 16.2 Å². The van der Waals surface area contributed by atoms with Crippen molar-refractivity contribution in [2.24, 2.45) is 0 Å². The number of aromatic nitrogens is 2. The number of hydrogen-bond donors (Lipinski definition) is 0. The van der Waals surface area contributed by atoms with Crippen molar-refractivity contribution in [3.05, 3.63) is 28.7 Å². The Morgan fingerprint density at radius 3 is 2.89 bits per heavy atom. The third-order valence-electron chi connectivity index (χ3n) is 0.688. The third kappa shape index (κ3) is 1.18. The van der Waals surface area contributed by atoms with Crippen LogP contribution >= 0.6 is 0 Å². The molecular weight excluding hydrogens is 122 g/mol. The van der Waals surface area contributed by atoms with Gasteiger partial charge in [0.25, 0.3) is 0 Å². The Morgan fingerprint density at radius 1 is 1.78 bits per heavy atom. The normalized spacial score (nSPS) is 8.89. The highest BCUT2D eigenvalue weighted by atomic mass is 16.6. The van der Waals surface area contributed by atoms with Crippen molar-refractivity contribution in [2.75, 3.05) is 0 Å². The first-order chi connectivity index (χ1) is 4.30. The summed E-state index contributed by atoms with van der Waals surface area (Å²) in [5, 5.41) is 9.88. The molecule has 0 aliphatic carbocycles. The number of nitro groups is 1. The molecule has 0 spiro atoms. The lowest BCUT2D eigenvalue weighted by atomic mass is 10.6. The van der Waals surface area contributed by atoms with E-state index >= 15 is 0 Å². The van der Waals surface area contributed by atoms with E-state index in [4.69, 9.17) is 0 Å². The van der Waals surface area contributed by atoms with E-state index < -0.39 is 4.92 Å². The van der Waals surface area contributed by atoms with Gasteiger partial charge < -0.3 is 10.1 Å². The van der Waals surface area contributed by atoms with Crippen LogP contribution < -0.4 is 0 Å². The molecule has 1 heterocycles. The lowest BCUT2D eigenvalue weighted by Crippen LogP contribution is -1.90. The zero-order valence-electron chi connectivity index (χ0n) is 4.31.